The second kappa shape index (κ2) is 4.11. The highest BCUT2D eigenvalue weighted by Crippen LogP contribution is 2.29. The van der Waals surface area contributed by atoms with E-state index in [-0.39, 0.29) is 6.61 Å². The first kappa shape index (κ1) is 9.83. The number of benzene rings is 1. The lowest BCUT2D eigenvalue weighted by Gasteiger charge is -2.14. The van der Waals surface area contributed by atoms with Gasteiger partial charge in [-0.25, -0.2) is 0 Å². The molecule has 0 spiro atoms. The number of methoxy groups -OCH3 is 1. The summed E-state index contributed by atoms with van der Waals surface area (Å²) in [5.74, 6) is 0.545. The van der Waals surface area contributed by atoms with Crippen LogP contribution in [0.15, 0.2) is 18.2 Å². The highest BCUT2D eigenvalue weighted by molar-refractivity contribution is 5.57. The number of ether oxygens (including phenoxy) is 1. The summed E-state index contributed by atoms with van der Waals surface area (Å²) in [6.07, 6.45) is 0. The molecule has 13 heavy (non-hydrogen) atoms. The molecule has 0 aliphatic carbocycles. The highest BCUT2D eigenvalue weighted by Gasteiger charge is 2.12. The SMILES string of the molecule is COc1c(N)cccc1[C@H](N)CO. The molecule has 1 aromatic rings. The normalized spacial score (nSPS) is 12.5. The van der Waals surface area contributed by atoms with E-state index in [0.29, 0.717) is 11.4 Å². The fourth-order valence-electron chi connectivity index (χ4n) is 1.20. The highest BCUT2D eigenvalue weighted by atomic mass is 16.5. The Balaban J connectivity index is 3.12. The Morgan fingerprint density at radius 1 is 1.54 bits per heavy atom. The van der Waals surface area contributed by atoms with Gasteiger partial charge in [-0.2, -0.15) is 0 Å². The van der Waals surface area contributed by atoms with Crippen molar-refractivity contribution in [3.05, 3.63) is 23.8 Å². The molecular formula is C9H14N2O2. The monoisotopic (exact) mass is 182 g/mol. The molecule has 0 aliphatic rings. The lowest BCUT2D eigenvalue weighted by molar-refractivity contribution is 0.265. The molecule has 0 saturated carbocycles. The largest absolute Gasteiger partial charge is 0.494 e. The van der Waals surface area contributed by atoms with E-state index in [1.54, 1.807) is 18.2 Å². The minimum Gasteiger partial charge on any atom is -0.494 e. The average Bonchev–Trinajstić information content (AvgIpc) is 2.16. The van der Waals surface area contributed by atoms with E-state index in [9.17, 15) is 0 Å². The van der Waals surface area contributed by atoms with Gasteiger partial charge in [0.15, 0.2) is 0 Å². The molecule has 0 aliphatic heterocycles. The zero-order valence-corrected chi connectivity index (χ0v) is 7.53. The van der Waals surface area contributed by atoms with Crippen LogP contribution in [0.4, 0.5) is 5.69 Å². The van der Waals surface area contributed by atoms with Crippen LogP contribution in [-0.4, -0.2) is 18.8 Å². The van der Waals surface area contributed by atoms with Crippen LogP contribution in [0.5, 0.6) is 5.75 Å². The molecule has 0 bridgehead atoms. The summed E-state index contributed by atoms with van der Waals surface area (Å²) in [6.45, 7) is -0.125. The number of hydrogen-bond acceptors (Lipinski definition) is 4. The fraction of sp³-hybridized carbons (Fsp3) is 0.333. The maximum atomic E-state index is 8.88. The third-order valence-electron chi connectivity index (χ3n) is 1.88. The van der Waals surface area contributed by atoms with Gasteiger partial charge < -0.3 is 21.3 Å². The molecule has 72 valence electrons. The molecule has 5 N–H and O–H groups in total. The minimum absolute atomic E-state index is 0.125. The maximum absolute atomic E-state index is 8.88. The maximum Gasteiger partial charge on any atom is 0.146 e. The lowest BCUT2D eigenvalue weighted by Crippen LogP contribution is -2.16. The van der Waals surface area contributed by atoms with Gasteiger partial charge in [-0.1, -0.05) is 12.1 Å². The molecule has 4 heteroatoms. The van der Waals surface area contributed by atoms with Gasteiger partial charge in [0.25, 0.3) is 0 Å². The van der Waals surface area contributed by atoms with Crippen molar-refractivity contribution in [1.82, 2.24) is 0 Å². The Morgan fingerprint density at radius 2 is 2.23 bits per heavy atom. The number of nitrogens with two attached hydrogens (primary N) is 2. The first-order chi connectivity index (χ1) is 6.20. The van der Waals surface area contributed by atoms with E-state index in [4.69, 9.17) is 21.3 Å². The summed E-state index contributed by atoms with van der Waals surface area (Å²) in [6, 6.07) is 4.85. The Labute approximate surface area is 77.1 Å². The number of hydrogen-bond donors (Lipinski definition) is 3. The quantitative estimate of drug-likeness (QED) is 0.586. The summed E-state index contributed by atoms with van der Waals surface area (Å²) < 4.78 is 5.08. The summed E-state index contributed by atoms with van der Waals surface area (Å²) in [4.78, 5) is 0. The van der Waals surface area contributed by atoms with Gasteiger partial charge in [-0.3, -0.25) is 0 Å². The van der Waals surface area contributed by atoms with Crippen LogP contribution in [0.25, 0.3) is 0 Å². The van der Waals surface area contributed by atoms with Crippen LogP contribution in [0.2, 0.25) is 0 Å². The van der Waals surface area contributed by atoms with Gasteiger partial charge in [0, 0.05) is 5.56 Å². The summed E-state index contributed by atoms with van der Waals surface area (Å²) >= 11 is 0. The van der Waals surface area contributed by atoms with Crippen molar-refractivity contribution in [2.45, 2.75) is 6.04 Å². The zero-order chi connectivity index (χ0) is 9.84. The fourth-order valence-corrected chi connectivity index (χ4v) is 1.20. The second-order valence-corrected chi connectivity index (χ2v) is 2.76. The molecule has 0 unspecified atom stereocenters. The average molecular weight is 182 g/mol. The Morgan fingerprint density at radius 3 is 2.77 bits per heavy atom. The van der Waals surface area contributed by atoms with E-state index in [2.05, 4.69) is 0 Å². The van der Waals surface area contributed by atoms with Crippen molar-refractivity contribution in [2.24, 2.45) is 5.73 Å². The number of anilines is 1. The lowest BCUT2D eigenvalue weighted by atomic mass is 10.1. The van der Waals surface area contributed by atoms with Crippen molar-refractivity contribution in [1.29, 1.82) is 0 Å². The van der Waals surface area contributed by atoms with Crippen LogP contribution in [0.3, 0.4) is 0 Å². The summed E-state index contributed by atoms with van der Waals surface area (Å²) in [5, 5.41) is 8.88. The number of para-hydroxylation sites is 1. The van der Waals surface area contributed by atoms with Crippen LogP contribution in [0, 0.1) is 0 Å². The topological polar surface area (TPSA) is 81.5 Å². The molecule has 0 aromatic heterocycles. The third-order valence-corrected chi connectivity index (χ3v) is 1.88. The molecule has 0 fully saturated rings. The minimum atomic E-state index is -0.446. The van der Waals surface area contributed by atoms with Crippen molar-refractivity contribution in [3.63, 3.8) is 0 Å². The molecule has 1 aromatic carbocycles. The van der Waals surface area contributed by atoms with Gasteiger partial charge in [0.2, 0.25) is 0 Å². The van der Waals surface area contributed by atoms with E-state index >= 15 is 0 Å². The van der Waals surface area contributed by atoms with Gasteiger partial charge in [0.1, 0.15) is 5.75 Å². The molecule has 0 saturated heterocycles. The number of aliphatic hydroxyl groups is 1. The number of nitrogen functional groups attached to an aromatic ring is 1. The van der Waals surface area contributed by atoms with Crippen molar-refractivity contribution < 1.29 is 9.84 Å². The smallest absolute Gasteiger partial charge is 0.146 e. The molecule has 1 rings (SSSR count). The first-order valence-corrected chi connectivity index (χ1v) is 3.99. The molecule has 1 atom stereocenters. The Hall–Kier alpha value is -1.26. The van der Waals surface area contributed by atoms with E-state index < -0.39 is 6.04 Å². The van der Waals surface area contributed by atoms with E-state index in [1.165, 1.54) is 7.11 Å². The van der Waals surface area contributed by atoms with E-state index in [0.717, 1.165) is 5.56 Å². The van der Waals surface area contributed by atoms with Gasteiger partial charge in [-0.05, 0) is 6.07 Å². The molecule has 0 radical (unpaired) electrons. The predicted molar refractivity (Wildman–Crippen MR) is 51.4 cm³/mol. The van der Waals surface area contributed by atoms with Crippen molar-refractivity contribution in [2.75, 3.05) is 19.5 Å². The van der Waals surface area contributed by atoms with E-state index in [1.807, 2.05) is 0 Å². The van der Waals surface area contributed by atoms with Crippen molar-refractivity contribution >= 4 is 5.69 Å². The van der Waals surface area contributed by atoms with Gasteiger partial charge in [-0.15, -0.1) is 0 Å². The molecule has 0 amide bonds. The third kappa shape index (κ3) is 1.91. The first-order valence-electron chi connectivity index (χ1n) is 3.99. The molecule has 4 nitrogen and oxygen atoms in total. The number of rotatable bonds is 3. The molecular weight excluding hydrogens is 168 g/mol. The standard InChI is InChI=1S/C9H14N2O2/c1-13-9-6(8(11)5-12)3-2-4-7(9)10/h2-4,8,12H,5,10-11H2,1H3/t8-/m1/s1. The Kier molecular flexibility index (Phi) is 3.11. The zero-order valence-electron chi connectivity index (χ0n) is 7.53. The second-order valence-electron chi connectivity index (χ2n) is 2.76. The summed E-state index contributed by atoms with van der Waals surface area (Å²) in [7, 11) is 1.53. The number of aliphatic hydroxyl groups excluding tert-OH is 1. The van der Waals surface area contributed by atoms with Crippen LogP contribution in [-0.2, 0) is 0 Å². The van der Waals surface area contributed by atoms with Crippen LogP contribution in [0.1, 0.15) is 11.6 Å². The van der Waals surface area contributed by atoms with Crippen LogP contribution < -0.4 is 16.2 Å². The van der Waals surface area contributed by atoms with Gasteiger partial charge in [0.05, 0.1) is 25.4 Å². The van der Waals surface area contributed by atoms with Crippen molar-refractivity contribution in [3.8, 4) is 5.75 Å². The Bertz CT molecular complexity index is 289. The predicted octanol–water partition coefficient (Wildman–Crippen LogP) is 0.270. The summed E-state index contributed by atoms with van der Waals surface area (Å²) in [5.41, 5.74) is 12.6. The molecule has 0 heterocycles. The van der Waals surface area contributed by atoms with Gasteiger partial charge >= 0.3 is 0 Å². The van der Waals surface area contributed by atoms with Crippen LogP contribution >= 0.6 is 0 Å².